The number of hydrogen-bond acceptors (Lipinski definition) is 2. The van der Waals surface area contributed by atoms with E-state index < -0.39 is 0 Å². The van der Waals surface area contributed by atoms with Crippen molar-refractivity contribution in [2.24, 2.45) is 5.41 Å². The van der Waals surface area contributed by atoms with E-state index in [9.17, 15) is 5.11 Å². The molecule has 0 spiro atoms. The highest BCUT2D eigenvalue weighted by Gasteiger charge is 2.40. The summed E-state index contributed by atoms with van der Waals surface area (Å²) in [5.74, 6) is 0. The van der Waals surface area contributed by atoms with Crippen molar-refractivity contribution >= 4 is 0 Å². The summed E-state index contributed by atoms with van der Waals surface area (Å²) in [5.41, 5.74) is 0.456. The summed E-state index contributed by atoms with van der Waals surface area (Å²) >= 11 is 0. The van der Waals surface area contributed by atoms with Gasteiger partial charge in [-0.3, -0.25) is 0 Å². The zero-order chi connectivity index (χ0) is 10.2. The maximum Gasteiger partial charge on any atom is 0.0693 e. The molecule has 0 aliphatic heterocycles. The molecule has 14 heavy (non-hydrogen) atoms. The average Bonchev–Trinajstić information content (AvgIpc) is 2.15. The van der Waals surface area contributed by atoms with Crippen LogP contribution in [-0.4, -0.2) is 23.3 Å². The van der Waals surface area contributed by atoms with Crippen LogP contribution in [0, 0.1) is 5.41 Å². The van der Waals surface area contributed by atoms with Gasteiger partial charge in [-0.05, 0) is 31.1 Å². The first-order valence-corrected chi connectivity index (χ1v) is 6.04. The largest absolute Gasteiger partial charge is 0.392 e. The molecule has 2 heteroatoms. The van der Waals surface area contributed by atoms with Crippen molar-refractivity contribution in [2.45, 2.75) is 70.6 Å². The van der Waals surface area contributed by atoms with E-state index in [1.54, 1.807) is 0 Å². The Hall–Kier alpha value is -0.0800. The standard InChI is InChI=1S/C12H23NO/c1-12(2)8-7-11(12)13-9-5-3-4-6-10(9)14/h9-11,13-14H,3-8H2,1-2H3/t9-,10-,11?/m1/s1. The second kappa shape index (κ2) is 3.82. The highest BCUT2D eigenvalue weighted by atomic mass is 16.3. The lowest BCUT2D eigenvalue weighted by atomic mass is 9.67. The van der Waals surface area contributed by atoms with Gasteiger partial charge in [-0.2, -0.15) is 0 Å². The summed E-state index contributed by atoms with van der Waals surface area (Å²) < 4.78 is 0. The van der Waals surface area contributed by atoms with Gasteiger partial charge in [0.25, 0.3) is 0 Å². The summed E-state index contributed by atoms with van der Waals surface area (Å²) in [6.45, 7) is 4.65. The second-order valence-electron chi connectivity index (χ2n) is 5.70. The maximum absolute atomic E-state index is 9.85. The van der Waals surface area contributed by atoms with Gasteiger partial charge in [0.05, 0.1) is 6.10 Å². The highest BCUT2D eigenvalue weighted by Crippen LogP contribution is 2.40. The molecule has 2 aliphatic rings. The molecular weight excluding hydrogens is 174 g/mol. The Morgan fingerprint density at radius 2 is 1.86 bits per heavy atom. The van der Waals surface area contributed by atoms with Gasteiger partial charge in [-0.1, -0.05) is 26.7 Å². The van der Waals surface area contributed by atoms with Gasteiger partial charge in [0.2, 0.25) is 0 Å². The maximum atomic E-state index is 9.85. The SMILES string of the molecule is CC1(C)CCC1N[C@@H]1CCCC[C@H]1O. The molecule has 0 aromatic carbocycles. The van der Waals surface area contributed by atoms with Gasteiger partial charge in [-0.25, -0.2) is 0 Å². The predicted octanol–water partition coefficient (Wildman–Crippen LogP) is 2.07. The number of nitrogens with one attached hydrogen (secondary N) is 1. The number of rotatable bonds is 2. The van der Waals surface area contributed by atoms with Crippen molar-refractivity contribution in [2.75, 3.05) is 0 Å². The van der Waals surface area contributed by atoms with Crippen LogP contribution in [0.1, 0.15) is 52.4 Å². The minimum Gasteiger partial charge on any atom is -0.392 e. The molecule has 2 rings (SSSR count). The third kappa shape index (κ3) is 1.96. The van der Waals surface area contributed by atoms with E-state index in [4.69, 9.17) is 0 Å². The van der Waals surface area contributed by atoms with Gasteiger partial charge in [0, 0.05) is 12.1 Å². The first-order chi connectivity index (χ1) is 6.59. The average molecular weight is 197 g/mol. The smallest absolute Gasteiger partial charge is 0.0693 e. The monoisotopic (exact) mass is 197 g/mol. The Labute approximate surface area is 87.1 Å². The second-order valence-corrected chi connectivity index (χ2v) is 5.70. The molecule has 0 aromatic heterocycles. The van der Waals surface area contributed by atoms with Gasteiger partial charge in [0.1, 0.15) is 0 Å². The Kier molecular flexibility index (Phi) is 2.85. The molecule has 2 saturated carbocycles. The molecule has 0 aromatic rings. The fourth-order valence-corrected chi connectivity index (χ4v) is 2.74. The van der Waals surface area contributed by atoms with Gasteiger partial charge >= 0.3 is 0 Å². The van der Waals surface area contributed by atoms with Crippen molar-refractivity contribution in [3.8, 4) is 0 Å². The molecule has 0 bridgehead atoms. The lowest BCUT2D eigenvalue weighted by molar-refractivity contribution is 0.0389. The molecule has 0 heterocycles. The molecule has 2 N–H and O–H groups in total. The van der Waals surface area contributed by atoms with Crippen molar-refractivity contribution in [1.29, 1.82) is 0 Å². The highest BCUT2D eigenvalue weighted by molar-refractivity contribution is 4.97. The minimum atomic E-state index is -0.0971. The molecule has 0 saturated heterocycles. The molecule has 82 valence electrons. The summed E-state index contributed by atoms with van der Waals surface area (Å²) in [4.78, 5) is 0. The lowest BCUT2D eigenvalue weighted by Crippen LogP contribution is -2.56. The van der Waals surface area contributed by atoms with Crippen molar-refractivity contribution in [3.63, 3.8) is 0 Å². The molecule has 0 amide bonds. The summed E-state index contributed by atoms with van der Waals surface area (Å²) in [6, 6.07) is 1.01. The molecule has 0 radical (unpaired) electrons. The van der Waals surface area contributed by atoms with Gasteiger partial charge in [0.15, 0.2) is 0 Å². The van der Waals surface area contributed by atoms with Crippen LogP contribution in [0.25, 0.3) is 0 Å². The normalized spacial score (nSPS) is 41.8. The molecule has 2 aliphatic carbocycles. The van der Waals surface area contributed by atoms with E-state index >= 15 is 0 Å². The van der Waals surface area contributed by atoms with Gasteiger partial charge in [-0.15, -0.1) is 0 Å². The fraction of sp³-hybridized carbons (Fsp3) is 1.00. The Morgan fingerprint density at radius 1 is 1.14 bits per heavy atom. The third-order valence-electron chi connectivity index (χ3n) is 4.17. The van der Waals surface area contributed by atoms with Crippen LogP contribution in [0.3, 0.4) is 0 Å². The molecule has 3 atom stereocenters. The first-order valence-electron chi connectivity index (χ1n) is 6.04. The molecular formula is C12H23NO. The van der Waals surface area contributed by atoms with E-state index in [1.807, 2.05) is 0 Å². The van der Waals surface area contributed by atoms with Crippen LogP contribution in [-0.2, 0) is 0 Å². The summed E-state index contributed by atoms with van der Waals surface area (Å²) in [7, 11) is 0. The van der Waals surface area contributed by atoms with E-state index in [-0.39, 0.29) is 6.10 Å². The number of hydrogen-bond donors (Lipinski definition) is 2. The Bertz CT molecular complexity index is 202. The van der Waals surface area contributed by atoms with Crippen molar-refractivity contribution in [3.05, 3.63) is 0 Å². The Balaban J connectivity index is 1.84. The lowest BCUT2D eigenvalue weighted by Gasteiger charge is -2.48. The molecule has 2 fully saturated rings. The van der Waals surface area contributed by atoms with E-state index in [0.717, 1.165) is 12.8 Å². The minimum absolute atomic E-state index is 0.0971. The van der Waals surface area contributed by atoms with Crippen LogP contribution in [0.4, 0.5) is 0 Å². The van der Waals surface area contributed by atoms with Crippen molar-refractivity contribution in [1.82, 2.24) is 5.32 Å². The van der Waals surface area contributed by atoms with Crippen LogP contribution < -0.4 is 5.32 Å². The molecule has 2 nitrogen and oxygen atoms in total. The van der Waals surface area contributed by atoms with Crippen LogP contribution in [0.2, 0.25) is 0 Å². The van der Waals surface area contributed by atoms with Crippen LogP contribution in [0.5, 0.6) is 0 Å². The topological polar surface area (TPSA) is 32.3 Å². The first kappa shape index (κ1) is 10.4. The third-order valence-corrected chi connectivity index (χ3v) is 4.17. The van der Waals surface area contributed by atoms with E-state index in [0.29, 0.717) is 17.5 Å². The van der Waals surface area contributed by atoms with Gasteiger partial charge < -0.3 is 10.4 Å². The summed E-state index contributed by atoms with van der Waals surface area (Å²) in [5, 5.41) is 13.5. The zero-order valence-electron chi connectivity index (χ0n) is 9.42. The quantitative estimate of drug-likeness (QED) is 0.710. The summed E-state index contributed by atoms with van der Waals surface area (Å²) in [6.07, 6.45) is 7.15. The van der Waals surface area contributed by atoms with Crippen LogP contribution in [0.15, 0.2) is 0 Å². The predicted molar refractivity (Wildman–Crippen MR) is 58.2 cm³/mol. The fourth-order valence-electron chi connectivity index (χ4n) is 2.74. The molecule has 1 unspecified atom stereocenters. The number of aliphatic hydroxyl groups is 1. The van der Waals surface area contributed by atoms with E-state index in [2.05, 4.69) is 19.2 Å². The van der Waals surface area contributed by atoms with Crippen LogP contribution >= 0.6 is 0 Å². The Morgan fingerprint density at radius 3 is 2.36 bits per heavy atom. The zero-order valence-corrected chi connectivity index (χ0v) is 9.42. The van der Waals surface area contributed by atoms with Crippen molar-refractivity contribution < 1.29 is 5.11 Å². The van der Waals surface area contributed by atoms with E-state index in [1.165, 1.54) is 25.7 Å². The number of aliphatic hydroxyl groups excluding tert-OH is 1.